The zero-order valence-electron chi connectivity index (χ0n) is 16.4. The van der Waals surface area contributed by atoms with Crippen LogP contribution in [0, 0.1) is 10.1 Å². The Morgan fingerprint density at radius 1 is 1.03 bits per heavy atom. The van der Waals surface area contributed by atoms with Gasteiger partial charge in [-0.2, -0.15) is 0 Å². The van der Waals surface area contributed by atoms with Crippen LogP contribution in [0.4, 0.5) is 17.1 Å². The lowest BCUT2D eigenvalue weighted by Crippen LogP contribution is -2.13. The Hall–Kier alpha value is -3.78. The summed E-state index contributed by atoms with van der Waals surface area (Å²) in [6, 6.07) is 20.1. The van der Waals surface area contributed by atoms with Crippen molar-refractivity contribution in [2.24, 2.45) is 0 Å². The van der Waals surface area contributed by atoms with Gasteiger partial charge in [-0.3, -0.25) is 14.9 Å². The van der Waals surface area contributed by atoms with Gasteiger partial charge in [0.25, 0.3) is 11.6 Å². The lowest BCUT2D eigenvalue weighted by molar-refractivity contribution is -0.384. The van der Waals surface area contributed by atoms with Crippen LogP contribution >= 0.6 is 11.3 Å². The van der Waals surface area contributed by atoms with Crippen LogP contribution in [0.3, 0.4) is 0 Å². The molecule has 4 aromatic rings. The van der Waals surface area contributed by atoms with E-state index in [0.29, 0.717) is 11.4 Å². The van der Waals surface area contributed by atoms with Crippen molar-refractivity contribution in [1.29, 1.82) is 0 Å². The second kappa shape index (κ2) is 7.81. The number of aromatic nitrogens is 1. The Kier molecular flexibility index (Phi) is 4.83. The SMILES string of the molecule is O=C(Nc1ccccc1-c1nc2ccccc2s1)c1ccc(NC2CC2)c([N+](=O)[O-])c1. The normalized spacial score (nSPS) is 13.2. The van der Waals surface area contributed by atoms with E-state index in [4.69, 9.17) is 0 Å². The van der Waals surface area contributed by atoms with Crippen molar-refractivity contribution >= 4 is 44.5 Å². The van der Waals surface area contributed by atoms with Crippen LogP contribution in [0.15, 0.2) is 66.7 Å². The Morgan fingerprint density at radius 3 is 2.58 bits per heavy atom. The van der Waals surface area contributed by atoms with Gasteiger partial charge in [0.2, 0.25) is 0 Å². The van der Waals surface area contributed by atoms with E-state index in [1.54, 1.807) is 29.5 Å². The third-order valence-corrected chi connectivity index (χ3v) is 6.16. The Labute approximate surface area is 181 Å². The summed E-state index contributed by atoms with van der Waals surface area (Å²) in [5.74, 6) is -0.408. The van der Waals surface area contributed by atoms with Crippen LogP contribution in [0.25, 0.3) is 20.8 Å². The molecule has 0 saturated heterocycles. The molecule has 1 aliphatic carbocycles. The third-order valence-electron chi connectivity index (χ3n) is 5.09. The Bertz CT molecular complexity index is 1280. The largest absolute Gasteiger partial charge is 0.377 e. The molecule has 8 heteroatoms. The number of benzene rings is 3. The first-order valence-corrected chi connectivity index (χ1v) is 10.7. The quantitative estimate of drug-likeness (QED) is 0.302. The highest BCUT2D eigenvalue weighted by molar-refractivity contribution is 7.21. The fourth-order valence-electron chi connectivity index (χ4n) is 3.35. The maximum Gasteiger partial charge on any atom is 0.293 e. The molecule has 154 valence electrons. The number of nitrogens with one attached hydrogen (secondary N) is 2. The zero-order chi connectivity index (χ0) is 21.4. The number of carbonyl (C=O) groups is 1. The molecular formula is C23H18N4O3S. The zero-order valence-corrected chi connectivity index (χ0v) is 17.2. The number of fused-ring (bicyclic) bond motifs is 1. The molecule has 1 aromatic heterocycles. The molecule has 1 saturated carbocycles. The van der Waals surface area contributed by atoms with Crippen molar-refractivity contribution in [2.75, 3.05) is 10.6 Å². The number of nitro groups is 1. The average Bonchev–Trinajstić information content (AvgIpc) is 3.48. The van der Waals surface area contributed by atoms with Crippen molar-refractivity contribution in [3.63, 3.8) is 0 Å². The predicted octanol–water partition coefficient (Wildman–Crippen LogP) is 5.70. The summed E-state index contributed by atoms with van der Waals surface area (Å²) in [5, 5.41) is 18.3. The van der Waals surface area contributed by atoms with Gasteiger partial charge in [0.05, 0.1) is 20.8 Å². The molecule has 0 unspecified atom stereocenters. The summed E-state index contributed by atoms with van der Waals surface area (Å²) >= 11 is 1.55. The highest BCUT2D eigenvalue weighted by atomic mass is 32.1. The van der Waals surface area contributed by atoms with Gasteiger partial charge in [-0.05, 0) is 49.2 Å². The van der Waals surface area contributed by atoms with E-state index in [-0.39, 0.29) is 17.3 Å². The number of thiazole rings is 1. The van der Waals surface area contributed by atoms with E-state index < -0.39 is 10.8 Å². The fraction of sp³-hybridized carbons (Fsp3) is 0.130. The second-order valence-electron chi connectivity index (χ2n) is 7.39. The minimum absolute atomic E-state index is 0.0981. The lowest BCUT2D eigenvalue weighted by Gasteiger charge is -2.11. The summed E-state index contributed by atoms with van der Waals surface area (Å²) in [6.07, 6.45) is 2.00. The molecule has 0 aliphatic heterocycles. The molecular weight excluding hydrogens is 412 g/mol. The maximum absolute atomic E-state index is 12.9. The molecule has 0 bridgehead atoms. The van der Waals surface area contributed by atoms with Gasteiger partial charge in [-0.1, -0.05) is 24.3 Å². The standard InChI is InChI=1S/C23H18N4O3S/c28-22(14-9-12-18(24-15-10-11-15)20(13-14)27(29)30)25-17-6-2-1-5-16(17)23-26-19-7-3-4-8-21(19)31-23/h1-9,12-13,15,24H,10-11H2,(H,25,28). The molecule has 0 spiro atoms. The Morgan fingerprint density at radius 2 is 1.81 bits per heavy atom. The summed E-state index contributed by atoms with van der Waals surface area (Å²) in [6.45, 7) is 0. The molecule has 0 radical (unpaired) electrons. The molecule has 1 aliphatic rings. The summed E-state index contributed by atoms with van der Waals surface area (Å²) in [7, 11) is 0. The summed E-state index contributed by atoms with van der Waals surface area (Å²) < 4.78 is 1.06. The second-order valence-corrected chi connectivity index (χ2v) is 8.42. The van der Waals surface area contributed by atoms with E-state index in [9.17, 15) is 14.9 Å². The number of amides is 1. The summed E-state index contributed by atoms with van der Waals surface area (Å²) in [5.41, 5.74) is 2.89. The minimum atomic E-state index is -0.462. The predicted molar refractivity (Wildman–Crippen MR) is 123 cm³/mol. The van der Waals surface area contributed by atoms with Crippen molar-refractivity contribution in [2.45, 2.75) is 18.9 Å². The van der Waals surface area contributed by atoms with Crippen LogP contribution < -0.4 is 10.6 Å². The first-order chi connectivity index (χ1) is 15.1. The topological polar surface area (TPSA) is 97.2 Å². The highest BCUT2D eigenvalue weighted by Crippen LogP contribution is 2.35. The van der Waals surface area contributed by atoms with Gasteiger partial charge in [0.15, 0.2) is 0 Å². The molecule has 7 nitrogen and oxygen atoms in total. The molecule has 1 heterocycles. The number of nitro benzene ring substituents is 1. The van der Waals surface area contributed by atoms with Gasteiger partial charge < -0.3 is 10.6 Å². The van der Waals surface area contributed by atoms with E-state index >= 15 is 0 Å². The molecule has 1 amide bonds. The number of hydrogen-bond acceptors (Lipinski definition) is 6. The number of para-hydroxylation sites is 2. The van der Waals surface area contributed by atoms with Crippen molar-refractivity contribution in [1.82, 2.24) is 4.98 Å². The van der Waals surface area contributed by atoms with Gasteiger partial charge in [0.1, 0.15) is 10.7 Å². The Balaban J connectivity index is 1.44. The van der Waals surface area contributed by atoms with Gasteiger partial charge >= 0.3 is 0 Å². The van der Waals surface area contributed by atoms with E-state index in [1.165, 1.54) is 6.07 Å². The smallest absolute Gasteiger partial charge is 0.293 e. The number of nitrogens with zero attached hydrogens (tertiary/aromatic N) is 2. The maximum atomic E-state index is 12.9. The van der Waals surface area contributed by atoms with E-state index in [0.717, 1.165) is 33.6 Å². The van der Waals surface area contributed by atoms with Crippen molar-refractivity contribution in [3.05, 3.63) is 82.4 Å². The van der Waals surface area contributed by atoms with E-state index in [1.807, 2.05) is 42.5 Å². The first kappa shape index (κ1) is 19.2. The minimum Gasteiger partial charge on any atom is -0.377 e. The van der Waals surface area contributed by atoms with Gasteiger partial charge in [-0.15, -0.1) is 11.3 Å². The molecule has 0 atom stereocenters. The number of rotatable bonds is 6. The highest BCUT2D eigenvalue weighted by Gasteiger charge is 2.25. The fourth-order valence-corrected chi connectivity index (χ4v) is 4.36. The number of hydrogen-bond donors (Lipinski definition) is 2. The summed E-state index contributed by atoms with van der Waals surface area (Å²) in [4.78, 5) is 28.6. The van der Waals surface area contributed by atoms with Crippen LogP contribution in [0.5, 0.6) is 0 Å². The third kappa shape index (κ3) is 3.97. The van der Waals surface area contributed by atoms with E-state index in [2.05, 4.69) is 15.6 Å². The van der Waals surface area contributed by atoms with Crippen LogP contribution in [0.2, 0.25) is 0 Å². The van der Waals surface area contributed by atoms with Crippen LogP contribution in [-0.4, -0.2) is 21.9 Å². The number of carbonyl (C=O) groups excluding carboxylic acids is 1. The van der Waals surface area contributed by atoms with Gasteiger partial charge in [0, 0.05) is 23.2 Å². The molecule has 31 heavy (non-hydrogen) atoms. The average molecular weight is 430 g/mol. The van der Waals surface area contributed by atoms with Gasteiger partial charge in [-0.25, -0.2) is 4.98 Å². The first-order valence-electron chi connectivity index (χ1n) is 9.90. The number of anilines is 2. The van der Waals surface area contributed by atoms with Crippen LogP contribution in [-0.2, 0) is 0 Å². The molecule has 2 N–H and O–H groups in total. The van der Waals surface area contributed by atoms with Crippen molar-refractivity contribution in [3.8, 4) is 10.6 Å². The monoisotopic (exact) mass is 430 g/mol. The molecule has 1 fully saturated rings. The molecule has 3 aromatic carbocycles. The molecule has 5 rings (SSSR count). The van der Waals surface area contributed by atoms with Crippen LogP contribution in [0.1, 0.15) is 23.2 Å². The lowest BCUT2D eigenvalue weighted by atomic mass is 10.1. The van der Waals surface area contributed by atoms with Crippen molar-refractivity contribution < 1.29 is 9.72 Å².